The number of halogens is 1. The highest BCUT2D eigenvalue weighted by Crippen LogP contribution is 2.28. The summed E-state index contributed by atoms with van der Waals surface area (Å²) in [6, 6.07) is 14.5. The van der Waals surface area contributed by atoms with E-state index < -0.39 is 5.56 Å². The molecule has 3 rings (SSSR count). The summed E-state index contributed by atoms with van der Waals surface area (Å²) in [6.45, 7) is 2.01. The molecule has 0 saturated carbocycles. The van der Waals surface area contributed by atoms with Crippen LogP contribution in [0, 0.1) is 11.3 Å². The molecule has 1 aromatic heterocycles. The van der Waals surface area contributed by atoms with Crippen molar-refractivity contribution in [3.63, 3.8) is 0 Å². The maximum atomic E-state index is 12.2. The van der Waals surface area contributed by atoms with E-state index in [-0.39, 0.29) is 23.0 Å². The second kappa shape index (κ2) is 8.50. The van der Waals surface area contributed by atoms with E-state index in [0.717, 1.165) is 12.0 Å². The number of aromatic nitrogens is 2. The van der Waals surface area contributed by atoms with E-state index >= 15 is 0 Å². The number of anilines is 1. The number of phenolic OH excluding ortho intramolecular Hbond substituents is 1. The van der Waals surface area contributed by atoms with E-state index in [1.807, 2.05) is 31.2 Å². The smallest absolute Gasteiger partial charge is 0.270 e. The Morgan fingerprint density at radius 1 is 1.36 bits per heavy atom. The quantitative estimate of drug-likeness (QED) is 0.414. The van der Waals surface area contributed by atoms with Crippen molar-refractivity contribution in [3.05, 3.63) is 74.0 Å². The number of rotatable bonds is 5. The molecular formula is C20H16BrN5O2. The van der Waals surface area contributed by atoms with Gasteiger partial charge in [-0.3, -0.25) is 9.78 Å². The average molecular weight is 438 g/mol. The molecule has 3 aromatic rings. The lowest BCUT2D eigenvalue weighted by molar-refractivity contribution is 0.471. The van der Waals surface area contributed by atoms with Gasteiger partial charge in [0.2, 0.25) is 5.95 Å². The second-order valence-corrected chi connectivity index (χ2v) is 6.71. The van der Waals surface area contributed by atoms with E-state index in [9.17, 15) is 15.2 Å². The number of hydrazone groups is 1. The summed E-state index contributed by atoms with van der Waals surface area (Å²) in [5, 5.41) is 23.5. The predicted molar refractivity (Wildman–Crippen MR) is 111 cm³/mol. The van der Waals surface area contributed by atoms with Gasteiger partial charge in [0.1, 0.15) is 17.4 Å². The molecule has 0 aliphatic heterocycles. The zero-order valence-electron chi connectivity index (χ0n) is 14.9. The molecule has 0 unspecified atom stereocenters. The van der Waals surface area contributed by atoms with E-state index in [1.165, 1.54) is 6.21 Å². The molecule has 7 nitrogen and oxygen atoms in total. The first kappa shape index (κ1) is 19.3. The fraction of sp³-hybridized carbons (Fsp3) is 0.100. The summed E-state index contributed by atoms with van der Waals surface area (Å²) < 4.78 is 0.574. The molecule has 0 aliphatic rings. The van der Waals surface area contributed by atoms with Crippen LogP contribution in [0.15, 0.2) is 56.8 Å². The maximum Gasteiger partial charge on any atom is 0.270 e. The molecule has 2 aromatic carbocycles. The monoisotopic (exact) mass is 437 g/mol. The normalized spacial score (nSPS) is 10.8. The Kier molecular flexibility index (Phi) is 5.87. The number of aromatic hydroxyl groups is 1. The third-order valence-corrected chi connectivity index (χ3v) is 4.62. The first-order chi connectivity index (χ1) is 13.5. The molecule has 0 amide bonds. The number of H-pyrrole nitrogens is 1. The van der Waals surface area contributed by atoms with Crippen molar-refractivity contribution in [2.45, 2.75) is 13.3 Å². The number of hydrogen-bond acceptors (Lipinski definition) is 6. The molecule has 0 atom stereocenters. The summed E-state index contributed by atoms with van der Waals surface area (Å²) in [6.07, 6.45) is 2.23. The number of aryl methyl sites for hydroxylation is 1. The van der Waals surface area contributed by atoms with E-state index in [1.54, 1.807) is 24.3 Å². The third kappa shape index (κ3) is 4.10. The standard InChI is InChI=1S/C20H16BrN5O2/c1-2-12-8-14(18(27)16(21)9-12)11-23-26-20-24-17(13-6-4-3-5-7-13)15(10-22)19(28)25-20/h3-9,11,27H,2H2,1H3,(H2,24,25,26,28). The topological polar surface area (TPSA) is 114 Å². The molecule has 1 heterocycles. The molecule has 0 spiro atoms. The number of hydrogen-bond donors (Lipinski definition) is 3. The van der Waals surface area contributed by atoms with Crippen LogP contribution in [-0.4, -0.2) is 21.3 Å². The number of phenols is 1. The molecule has 0 saturated heterocycles. The van der Waals surface area contributed by atoms with Crippen LogP contribution in [0.4, 0.5) is 5.95 Å². The van der Waals surface area contributed by atoms with Crippen LogP contribution >= 0.6 is 15.9 Å². The summed E-state index contributed by atoms with van der Waals surface area (Å²) in [5.41, 5.74) is 4.47. The van der Waals surface area contributed by atoms with Crippen molar-refractivity contribution in [3.8, 4) is 23.1 Å². The van der Waals surface area contributed by atoms with Gasteiger partial charge in [0, 0.05) is 11.1 Å². The zero-order valence-corrected chi connectivity index (χ0v) is 16.5. The van der Waals surface area contributed by atoms with Crippen LogP contribution in [0.25, 0.3) is 11.3 Å². The maximum absolute atomic E-state index is 12.2. The van der Waals surface area contributed by atoms with E-state index in [0.29, 0.717) is 15.6 Å². The van der Waals surface area contributed by atoms with E-state index in [4.69, 9.17) is 0 Å². The van der Waals surface area contributed by atoms with Gasteiger partial charge >= 0.3 is 0 Å². The van der Waals surface area contributed by atoms with Crippen LogP contribution in [0.5, 0.6) is 5.75 Å². The Hall–Kier alpha value is -3.44. The Morgan fingerprint density at radius 2 is 2.11 bits per heavy atom. The Labute approximate surface area is 169 Å². The third-order valence-electron chi connectivity index (χ3n) is 4.01. The van der Waals surface area contributed by atoms with Gasteiger partial charge in [-0.25, -0.2) is 10.4 Å². The average Bonchev–Trinajstić information content (AvgIpc) is 2.71. The van der Waals surface area contributed by atoms with Crippen LogP contribution in [0.1, 0.15) is 23.6 Å². The van der Waals surface area contributed by atoms with Gasteiger partial charge in [-0.05, 0) is 40.0 Å². The van der Waals surface area contributed by atoms with Crippen molar-refractivity contribution < 1.29 is 5.11 Å². The van der Waals surface area contributed by atoms with Gasteiger partial charge in [-0.2, -0.15) is 10.4 Å². The summed E-state index contributed by atoms with van der Waals surface area (Å²) in [4.78, 5) is 19.0. The molecule has 0 bridgehead atoms. The fourth-order valence-corrected chi connectivity index (χ4v) is 3.10. The van der Waals surface area contributed by atoms with Gasteiger partial charge in [-0.1, -0.05) is 37.3 Å². The molecule has 0 aliphatic carbocycles. The predicted octanol–water partition coefficient (Wildman–Crippen LogP) is 3.79. The Bertz CT molecular complexity index is 1130. The van der Waals surface area contributed by atoms with Gasteiger partial charge in [0.15, 0.2) is 0 Å². The summed E-state index contributed by atoms with van der Waals surface area (Å²) in [7, 11) is 0. The lowest BCUT2D eigenvalue weighted by atomic mass is 10.1. The molecule has 0 fully saturated rings. The zero-order chi connectivity index (χ0) is 20.1. The molecule has 28 heavy (non-hydrogen) atoms. The molecule has 140 valence electrons. The highest BCUT2D eigenvalue weighted by Gasteiger charge is 2.13. The Balaban J connectivity index is 1.93. The Morgan fingerprint density at radius 3 is 2.79 bits per heavy atom. The van der Waals surface area contributed by atoms with Crippen LogP contribution in [0.3, 0.4) is 0 Å². The lowest BCUT2D eigenvalue weighted by Crippen LogP contribution is -2.16. The minimum atomic E-state index is -0.562. The first-order valence-corrected chi connectivity index (χ1v) is 9.23. The van der Waals surface area contributed by atoms with Crippen molar-refractivity contribution in [2.75, 3.05) is 5.43 Å². The molecule has 0 radical (unpaired) electrons. The SMILES string of the molecule is CCc1cc(Br)c(O)c(C=NNc2nc(-c3ccccc3)c(C#N)c(=O)[nH]2)c1. The van der Waals surface area contributed by atoms with Crippen molar-refractivity contribution in [1.82, 2.24) is 9.97 Å². The highest BCUT2D eigenvalue weighted by atomic mass is 79.9. The number of benzene rings is 2. The molecular weight excluding hydrogens is 422 g/mol. The van der Waals surface area contributed by atoms with Gasteiger partial charge in [0.05, 0.1) is 16.4 Å². The fourth-order valence-electron chi connectivity index (χ4n) is 2.58. The van der Waals surface area contributed by atoms with Crippen molar-refractivity contribution >= 4 is 28.1 Å². The lowest BCUT2D eigenvalue weighted by Gasteiger charge is -2.07. The minimum absolute atomic E-state index is 0.0639. The van der Waals surface area contributed by atoms with Crippen molar-refractivity contribution in [2.24, 2.45) is 5.10 Å². The minimum Gasteiger partial charge on any atom is -0.506 e. The van der Waals surface area contributed by atoms with Crippen LogP contribution in [0.2, 0.25) is 0 Å². The number of nitrogens with one attached hydrogen (secondary N) is 2. The highest BCUT2D eigenvalue weighted by molar-refractivity contribution is 9.10. The number of nitrogens with zero attached hydrogens (tertiary/aromatic N) is 3. The van der Waals surface area contributed by atoms with Gasteiger partial charge < -0.3 is 5.11 Å². The molecule has 3 N–H and O–H groups in total. The van der Waals surface area contributed by atoms with Crippen molar-refractivity contribution in [1.29, 1.82) is 5.26 Å². The number of nitriles is 1. The second-order valence-electron chi connectivity index (χ2n) is 5.86. The van der Waals surface area contributed by atoms with Gasteiger partial charge in [0.25, 0.3) is 5.56 Å². The van der Waals surface area contributed by atoms with Crippen LogP contribution in [-0.2, 0) is 6.42 Å². The summed E-state index contributed by atoms with van der Waals surface area (Å²) in [5.74, 6) is 0.151. The van der Waals surface area contributed by atoms with Gasteiger partial charge in [-0.15, -0.1) is 0 Å². The molecule has 8 heteroatoms. The van der Waals surface area contributed by atoms with E-state index in [2.05, 4.69) is 36.4 Å². The summed E-state index contributed by atoms with van der Waals surface area (Å²) >= 11 is 3.31. The van der Waals surface area contributed by atoms with Crippen LogP contribution < -0.4 is 11.0 Å². The number of aromatic amines is 1. The first-order valence-electron chi connectivity index (χ1n) is 8.43. The largest absolute Gasteiger partial charge is 0.506 e.